The van der Waals surface area contributed by atoms with E-state index in [2.05, 4.69) is 7.05 Å². The fraction of sp³-hybridized carbons (Fsp3) is 0.692. The molecule has 2 saturated heterocycles. The Morgan fingerprint density at radius 1 is 1.48 bits per heavy atom. The maximum absolute atomic E-state index is 11.9. The fourth-order valence-corrected chi connectivity index (χ4v) is 4.70. The van der Waals surface area contributed by atoms with Gasteiger partial charge in [-0.1, -0.05) is 0 Å². The van der Waals surface area contributed by atoms with E-state index in [1.54, 1.807) is 11.8 Å². The Labute approximate surface area is 134 Å². The molecule has 0 saturated carbocycles. The number of aliphatic carboxylic acids is 1. The van der Waals surface area contributed by atoms with Crippen molar-refractivity contribution in [2.24, 2.45) is 5.73 Å². The minimum atomic E-state index is -1.00. The van der Waals surface area contributed by atoms with Crippen LogP contribution in [0.4, 0.5) is 0 Å². The highest BCUT2D eigenvalue weighted by molar-refractivity contribution is 8.00. The zero-order valence-corrected chi connectivity index (χ0v) is 13.6. The molecule has 0 aromatic rings. The minimum absolute atomic E-state index is 0. The molecule has 0 aliphatic carbocycles. The van der Waals surface area contributed by atoms with Gasteiger partial charge in [-0.15, -0.1) is 24.2 Å². The average molecular weight is 335 g/mol. The van der Waals surface area contributed by atoms with Gasteiger partial charge in [0.05, 0.1) is 20.1 Å². The Bertz CT molecular complexity index is 505. The number of halogens is 1. The summed E-state index contributed by atoms with van der Waals surface area (Å²) in [7, 11) is 2.17. The van der Waals surface area contributed by atoms with E-state index in [0.29, 0.717) is 5.75 Å². The van der Waals surface area contributed by atoms with Crippen LogP contribution in [-0.2, 0) is 9.59 Å². The number of fused-ring (bicyclic) bond motifs is 1. The average Bonchev–Trinajstić information content (AvgIpc) is 2.83. The zero-order chi connectivity index (χ0) is 14.5. The first-order valence-corrected chi connectivity index (χ1v) is 7.97. The molecule has 3 aliphatic rings. The molecule has 3 N–H and O–H groups in total. The highest BCUT2D eigenvalue weighted by atomic mass is 35.5. The van der Waals surface area contributed by atoms with Crippen molar-refractivity contribution in [2.75, 3.05) is 32.4 Å². The van der Waals surface area contributed by atoms with Crippen molar-refractivity contribution in [3.05, 3.63) is 11.3 Å². The summed E-state index contributed by atoms with van der Waals surface area (Å²) in [4.78, 5) is 24.8. The molecule has 0 radical (unpaired) electrons. The first kappa shape index (κ1) is 16.6. The lowest BCUT2D eigenvalue weighted by atomic mass is 10.0. The lowest BCUT2D eigenvalue weighted by Crippen LogP contribution is -2.68. The van der Waals surface area contributed by atoms with Gasteiger partial charge in [0, 0.05) is 24.2 Å². The van der Waals surface area contributed by atoms with Crippen LogP contribution < -0.4 is 5.73 Å². The van der Waals surface area contributed by atoms with Gasteiger partial charge >= 0.3 is 5.97 Å². The second-order valence-corrected chi connectivity index (χ2v) is 7.23. The van der Waals surface area contributed by atoms with Gasteiger partial charge in [0.25, 0.3) is 0 Å². The summed E-state index contributed by atoms with van der Waals surface area (Å²) in [6.07, 6.45) is 2.38. The SMILES string of the molecule is C[N+]1(CC2=C(C(=O)O)N3C(=O)[C@@H](N)[C@H]3SC2)CCCC1.Cl. The molecule has 2 atom stereocenters. The number of carboxylic acids is 1. The molecule has 21 heavy (non-hydrogen) atoms. The summed E-state index contributed by atoms with van der Waals surface area (Å²) < 4.78 is 0.880. The van der Waals surface area contributed by atoms with Crippen molar-refractivity contribution in [1.29, 1.82) is 0 Å². The number of carboxylic acid groups (broad SMARTS) is 1. The molecule has 1 amide bonds. The summed E-state index contributed by atoms with van der Waals surface area (Å²) in [5.74, 6) is -0.602. The number of rotatable bonds is 3. The normalized spacial score (nSPS) is 30.6. The number of thioether (sulfide) groups is 1. The number of amides is 1. The maximum Gasteiger partial charge on any atom is 0.352 e. The predicted octanol–water partition coefficient (Wildman–Crippen LogP) is 0.230. The number of hydrogen-bond donors (Lipinski definition) is 2. The molecule has 0 bridgehead atoms. The maximum atomic E-state index is 11.9. The minimum Gasteiger partial charge on any atom is -0.477 e. The number of carbonyl (C=O) groups excluding carboxylic acids is 1. The molecule has 8 heteroatoms. The standard InChI is InChI=1S/C13H19N3O3S.ClH/c1-16(4-2-3-5-16)6-8-7-20-12-9(14)11(17)15(12)10(8)13(18)19;/h9,12H,2-7,14H2,1H3;1H/p+1/t9-,12-;/m1./s1. The molecule has 0 aromatic carbocycles. The van der Waals surface area contributed by atoms with E-state index in [0.717, 1.165) is 29.7 Å². The van der Waals surface area contributed by atoms with E-state index in [1.807, 2.05) is 0 Å². The number of β-lactam (4-membered cyclic amide) rings is 1. The third-order valence-corrected chi connectivity index (χ3v) is 5.87. The molecule has 118 valence electrons. The van der Waals surface area contributed by atoms with E-state index >= 15 is 0 Å². The van der Waals surface area contributed by atoms with Gasteiger partial charge in [-0.3, -0.25) is 9.69 Å². The van der Waals surface area contributed by atoms with Crippen molar-refractivity contribution in [3.8, 4) is 0 Å². The monoisotopic (exact) mass is 334 g/mol. The Morgan fingerprint density at radius 2 is 2.10 bits per heavy atom. The van der Waals surface area contributed by atoms with Crippen molar-refractivity contribution < 1.29 is 19.2 Å². The van der Waals surface area contributed by atoms with Crippen LogP contribution in [0.25, 0.3) is 0 Å². The van der Waals surface area contributed by atoms with Crippen LogP contribution in [-0.4, -0.2) is 70.2 Å². The van der Waals surface area contributed by atoms with Crippen LogP contribution in [0.1, 0.15) is 12.8 Å². The number of quaternary nitrogens is 1. The molecule has 3 rings (SSSR count). The second kappa shape index (κ2) is 5.79. The Hall–Kier alpha value is -0.760. The summed E-state index contributed by atoms with van der Waals surface area (Å²) in [6, 6.07) is -0.549. The van der Waals surface area contributed by atoms with Gasteiger partial charge in [0.1, 0.15) is 23.7 Å². The zero-order valence-electron chi connectivity index (χ0n) is 11.9. The summed E-state index contributed by atoms with van der Waals surface area (Å²) in [5, 5.41) is 9.29. The quantitative estimate of drug-likeness (QED) is 0.570. The van der Waals surface area contributed by atoms with Crippen molar-refractivity contribution in [2.45, 2.75) is 24.3 Å². The van der Waals surface area contributed by atoms with Gasteiger partial charge in [-0.2, -0.15) is 0 Å². The summed E-state index contributed by atoms with van der Waals surface area (Å²) in [6.45, 7) is 2.89. The van der Waals surface area contributed by atoms with Crippen LogP contribution in [0.2, 0.25) is 0 Å². The number of hydrogen-bond acceptors (Lipinski definition) is 4. The summed E-state index contributed by atoms with van der Waals surface area (Å²) >= 11 is 1.59. The number of likely N-dealkylation sites (tertiary alicyclic amines) is 1. The molecule has 0 aromatic heterocycles. The van der Waals surface area contributed by atoms with Crippen molar-refractivity contribution in [3.63, 3.8) is 0 Å². The summed E-state index contributed by atoms with van der Waals surface area (Å²) in [5.41, 5.74) is 6.81. The largest absolute Gasteiger partial charge is 0.477 e. The lowest BCUT2D eigenvalue weighted by molar-refractivity contribution is -0.893. The van der Waals surface area contributed by atoms with Crippen LogP contribution in [0.3, 0.4) is 0 Å². The van der Waals surface area contributed by atoms with E-state index in [-0.39, 0.29) is 29.4 Å². The number of likely N-dealkylation sites (N-methyl/N-ethyl adjacent to an activating group) is 1. The van der Waals surface area contributed by atoms with Crippen LogP contribution in [0.5, 0.6) is 0 Å². The molecule has 3 aliphatic heterocycles. The van der Waals surface area contributed by atoms with Gasteiger partial charge in [-0.25, -0.2) is 4.79 Å². The van der Waals surface area contributed by atoms with E-state index in [9.17, 15) is 14.7 Å². The first-order chi connectivity index (χ1) is 9.43. The van der Waals surface area contributed by atoms with Gasteiger partial charge in [0.15, 0.2) is 0 Å². The molecule has 2 fully saturated rings. The molecule has 6 nitrogen and oxygen atoms in total. The highest BCUT2D eigenvalue weighted by Gasteiger charge is 2.52. The smallest absolute Gasteiger partial charge is 0.352 e. The lowest BCUT2D eigenvalue weighted by Gasteiger charge is -2.48. The van der Waals surface area contributed by atoms with Gasteiger partial charge in [0.2, 0.25) is 5.91 Å². The first-order valence-electron chi connectivity index (χ1n) is 6.92. The molecular weight excluding hydrogens is 314 g/mol. The second-order valence-electron chi connectivity index (χ2n) is 6.12. The van der Waals surface area contributed by atoms with E-state index in [1.165, 1.54) is 17.7 Å². The van der Waals surface area contributed by atoms with Gasteiger partial charge < -0.3 is 15.3 Å². The number of nitrogens with zero attached hydrogens (tertiary/aromatic N) is 2. The van der Waals surface area contributed by atoms with Crippen LogP contribution in [0, 0.1) is 0 Å². The third kappa shape index (κ3) is 2.67. The van der Waals surface area contributed by atoms with Crippen LogP contribution >= 0.6 is 24.2 Å². The van der Waals surface area contributed by atoms with E-state index < -0.39 is 12.0 Å². The topological polar surface area (TPSA) is 83.6 Å². The fourth-order valence-electron chi connectivity index (χ4n) is 3.42. The predicted molar refractivity (Wildman–Crippen MR) is 83.0 cm³/mol. The van der Waals surface area contributed by atoms with Crippen molar-refractivity contribution in [1.82, 2.24) is 4.90 Å². The van der Waals surface area contributed by atoms with E-state index in [4.69, 9.17) is 5.73 Å². The van der Waals surface area contributed by atoms with Gasteiger partial charge in [-0.05, 0) is 0 Å². The Kier molecular flexibility index (Phi) is 4.58. The molecular formula is C13H21ClN3O3S+. The van der Waals surface area contributed by atoms with Crippen LogP contribution in [0.15, 0.2) is 11.3 Å². The van der Waals surface area contributed by atoms with Crippen molar-refractivity contribution >= 4 is 36.0 Å². The number of nitrogens with two attached hydrogens (primary N) is 1. The molecule has 0 spiro atoms. The highest BCUT2D eigenvalue weighted by Crippen LogP contribution is 2.40. The number of carbonyl (C=O) groups is 2. The Balaban J connectivity index is 0.00000161. The molecule has 0 unspecified atom stereocenters. The third-order valence-electron chi connectivity index (χ3n) is 4.51. The molecule has 3 heterocycles. The Morgan fingerprint density at radius 3 is 2.67 bits per heavy atom.